The first-order chi connectivity index (χ1) is 11.5. The molecule has 1 atom stereocenters. The molecule has 5 nitrogen and oxygen atoms in total. The van der Waals surface area contributed by atoms with Gasteiger partial charge in [0.1, 0.15) is 11.5 Å². The molecule has 1 heterocycles. The monoisotopic (exact) mass is 350 g/mol. The van der Waals surface area contributed by atoms with Gasteiger partial charge < -0.3 is 24.1 Å². The second-order valence-corrected chi connectivity index (χ2v) is 5.91. The molecule has 0 amide bonds. The van der Waals surface area contributed by atoms with Crippen molar-refractivity contribution in [3.8, 4) is 11.5 Å². The summed E-state index contributed by atoms with van der Waals surface area (Å²) in [7, 11) is 4.68. The lowest BCUT2D eigenvalue weighted by molar-refractivity contribution is -0.172. The van der Waals surface area contributed by atoms with Gasteiger partial charge in [-0.05, 0) is 23.3 Å². The Balaban J connectivity index is 2.27. The van der Waals surface area contributed by atoms with Crippen molar-refractivity contribution in [2.24, 2.45) is 0 Å². The van der Waals surface area contributed by atoms with Crippen LogP contribution < -0.4 is 9.47 Å². The number of hydrogen-bond donors (Lipinski definition) is 1. The molecular formula is C18H19ClO5. The molecule has 3 rings (SSSR count). The molecule has 1 N–H and O–H groups in total. The first kappa shape index (κ1) is 17.0. The summed E-state index contributed by atoms with van der Waals surface area (Å²) in [6.45, 7) is 0.516. The van der Waals surface area contributed by atoms with Crippen LogP contribution in [0.1, 0.15) is 22.3 Å². The SMILES string of the molecule is COCc1cc(OC)cc(OC)c1C1(O)OCc2cccc(Cl)c21. The first-order valence-corrected chi connectivity index (χ1v) is 7.81. The fraction of sp³-hybridized carbons (Fsp3) is 0.333. The molecule has 0 aliphatic carbocycles. The predicted octanol–water partition coefficient (Wildman–Crippen LogP) is 3.23. The molecule has 128 valence electrons. The van der Waals surface area contributed by atoms with E-state index in [2.05, 4.69) is 0 Å². The van der Waals surface area contributed by atoms with E-state index >= 15 is 0 Å². The minimum Gasteiger partial charge on any atom is -0.497 e. The Morgan fingerprint density at radius 1 is 1.17 bits per heavy atom. The first-order valence-electron chi connectivity index (χ1n) is 7.43. The van der Waals surface area contributed by atoms with Crippen molar-refractivity contribution < 1.29 is 24.1 Å². The number of aliphatic hydroxyl groups is 1. The molecule has 0 saturated heterocycles. The maximum absolute atomic E-state index is 11.4. The average molecular weight is 351 g/mol. The molecule has 0 fully saturated rings. The van der Waals surface area contributed by atoms with Crippen LogP contribution in [0.25, 0.3) is 0 Å². The molecule has 0 saturated carbocycles. The maximum atomic E-state index is 11.4. The van der Waals surface area contributed by atoms with E-state index in [1.165, 1.54) is 7.11 Å². The van der Waals surface area contributed by atoms with E-state index in [0.29, 0.717) is 33.2 Å². The number of benzene rings is 2. The van der Waals surface area contributed by atoms with Crippen LogP contribution in [0.15, 0.2) is 30.3 Å². The standard InChI is InChI=1S/C18H19ClO5/c1-21-9-12-7-13(22-2)8-15(23-3)17(12)18(20)16-11(10-24-18)5-4-6-14(16)19/h4-8,20H,9-10H2,1-3H3. The highest BCUT2D eigenvalue weighted by molar-refractivity contribution is 6.31. The van der Waals surface area contributed by atoms with Crippen molar-refractivity contribution in [3.05, 3.63) is 57.6 Å². The van der Waals surface area contributed by atoms with Gasteiger partial charge in [0, 0.05) is 23.8 Å². The van der Waals surface area contributed by atoms with E-state index in [-0.39, 0.29) is 13.2 Å². The van der Waals surface area contributed by atoms with Crippen LogP contribution in [-0.4, -0.2) is 26.4 Å². The number of rotatable bonds is 5. The van der Waals surface area contributed by atoms with Crippen molar-refractivity contribution in [1.29, 1.82) is 0 Å². The van der Waals surface area contributed by atoms with Gasteiger partial charge in [-0.2, -0.15) is 0 Å². The summed E-state index contributed by atoms with van der Waals surface area (Å²) < 4.78 is 21.8. The molecule has 0 radical (unpaired) electrons. The van der Waals surface area contributed by atoms with Crippen LogP contribution in [0.5, 0.6) is 11.5 Å². The van der Waals surface area contributed by atoms with Gasteiger partial charge in [0.05, 0.1) is 33.0 Å². The summed E-state index contributed by atoms with van der Waals surface area (Å²) in [6, 6.07) is 8.93. The number of fused-ring (bicyclic) bond motifs is 1. The zero-order chi connectivity index (χ0) is 17.3. The van der Waals surface area contributed by atoms with E-state index in [4.69, 9.17) is 30.5 Å². The zero-order valence-electron chi connectivity index (χ0n) is 13.8. The van der Waals surface area contributed by atoms with Crippen LogP contribution in [0.3, 0.4) is 0 Å². The van der Waals surface area contributed by atoms with E-state index in [9.17, 15) is 5.11 Å². The third-order valence-electron chi connectivity index (χ3n) is 4.13. The van der Waals surface area contributed by atoms with Gasteiger partial charge >= 0.3 is 0 Å². The molecule has 2 aromatic rings. The smallest absolute Gasteiger partial charge is 0.226 e. The van der Waals surface area contributed by atoms with Crippen molar-refractivity contribution in [2.45, 2.75) is 19.0 Å². The van der Waals surface area contributed by atoms with Gasteiger partial charge in [-0.3, -0.25) is 0 Å². The molecular weight excluding hydrogens is 332 g/mol. The quantitative estimate of drug-likeness (QED) is 0.897. The Bertz CT molecular complexity index is 761. The maximum Gasteiger partial charge on any atom is 0.226 e. The second kappa shape index (κ2) is 6.61. The van der Waals surface area contributed by atoms with Gasteiger partial charge in [-0.1, -0.05) is 23.7 Å². The van der Waals surface area contributed by atoms with E-state index in [1.54, 1.807) is 32.4 Å². The van der Waals surface area contributed by atoms with Gasteiger partial charge in [-0.25, -0.2) is 0 Å². The van der Waals surface area contributed by atoms with Crippen LogP contribution in [0.2, 0.25) is 5.02 Å². The van der Waals surface area contributed by atoms with Crippen LogP contribution in [0, 0.1) is 0 Å². The van der Waals surface area contributed by atoms with Gasteiger partial charge in [-0.15, -0.1) is 0 Å². The van der Waals surface area contributed by atoms with Crippen LogP contribution in [0.4, 0.5) is 0 Å². The number of methoxy groups -OCH3 is 3. The Hall–Kier alpha value is -1.79. The predicted molar refractivity (Wildman–Crippen MR) is 89.5 cm³/mol. The van der Waals surface area contributed by atoms with Gasteiger partial charge in [0.2, 0.25) is 5.79 Å². The molecule has 24 heavy (non-hydrogen) atoms. The molecule has 0 aromatic heterocycles. The molecule has 1 aliphatic heterocycles. The number of halogens is 1. The van der Waals surface area contributed by atoms with Gasteiger partial charge in [0.15, 0.2) is 0 Å². The van der Waals surface area contributed by atoms with E-state index in [1.807, 2.05) is 12.1 Å². The summed E-state index contributed by atoms with van der Waals surface area (Å²) in [5, 5.41) is 11.8. The molecule has 1 unspecified atom stereocenters. The minimum absolute atomic E-state index is 0.258. The number of ether oxygens (including phenoxy) is 4. The third kappa shape index (κ3) is 2.63. The Labute approximate surface area is 145 Å². The highest BCUT2D eigenvalue weighted by atomic mass is 35.5. The fourth-order valence-corrected chi connectivity index (χ4v) is 3.42. The Morgan fingerprint density at radius 2 is 1.96 bits per heavy atom. The van der Waals surface area contributed by atoms with Gasteiger partial charge in [0.25, 0.3) is 0 Å². The minimum atomic E-state index is -1.71. The highest BCUT2D eigenvalue weighted by Crippen LogP contribution is 2.48. The van der Waals surface area contributed by atoms with Crippen molar-refractivity contribution in [1.82, 2.24) is 0 Å². The van der Waals surface area contributed by atoms with Crippen LogP contribution in [-0.2, 0) is 28.5 Å². The molecule has 6 heteroatoms. The normalized spacial score (nSPS) is 19.2. The summed E-state index contributed by atoms with van der Waals surface area (Å²) in [5.41, 5.74) is 2.54. The lowest BCUT2D eigenvalue weighted by atomic mass is 9.91. The molecule has 0 bridgehead atoms. The van der Waals surface area contributed by atoms with Crippen molar-refractivity contribution >= 4 is 11.6 Å². The van der Waals surface area contributed by atoms with Crippen LogP contribution >= 0.6 is 11.6 Å². The van der Waals surface area contributed by atoms with Crippen molar-refractivity contribution in [3.63, 3.8) is 0 Å². The Morgan fingerprint density at radius 3 is 2.62 bits per heavy atom. The summed E-state index contributed by atoms with van der Waals surface area (Å²) in [4.78, 5) is 0. The lowest BCUT2D eigenvalue weighted by Gasteiger charge is -2.29. The number of hydrogen-bond acceptors (Lipinski definition) is 5. The summed E-state index contributed by atoms with van der Waals surface area (Å²) in [6.07, 6.45) is 0. The fourth-order valence-electron chi connectivity index (χ4n) is 3.10. The Kier molecular flexibility index (Phi) is 4.69. The van der Waals surface area contributed by atoms with E-state index in [0.717, 1.165) is 5.56 Å². The second-order valence-electron chi connectivity index (χ2n) is 5.50. The zero-order valence-corrected chi connectivity index (χ0v) is 14.5. The van der Waals surface area contributed by atoms with E-state index < -0.39 is 5.79 Å². The lowest BCUT2D eigenvalue weighted by Crippen LogP contribution is -2.29. The molecule has 0 spiro atoms. The average Bonchev–Trinajstić information content (AvgIpc) is 2.93. The van der Waals surface area contributed by atoms with Crippen molar-refractivity contribution in [2.75, 3.05) is 21.3 Å². The summed E-state index contributed by atoms with van der Waals surface area (Å²) in [5.74, 6) is -0.667. The molecule has 2 aromatic carbocycles. The highest BCUT2D eigenvalue weighted by Gasteiger charge is 2.45. The molecule has 1 aliphatic rings. The topological polar surface area (TPSA) is 57.2 Å². The third-order valence-corrected chi connectivity index (χ3v) is 4.44. The summed E-state index contributed by atoms with van der Waals surface area (Å²) >= 11 is 6.35. The largest absolute Gasteiger partial charge is 0.497 e.